The van der Waals surface area contributed by atoms with E-state index in [1.165, 1.54) is 18.2 Å². The summed E-state index contributed by atoms with van der Waals surface area (Å²) in [5, 5.41) is 5.09. The maximum Gasteiger partial charge on any atom is 0.251 e. The highest BCUT2D eigenvalue weighted by Gasteiger charge is 2.07. The van der Waals surface area contributed by atoms with Crippen LogP contribution < -0.4 is 10.6 Å². The summed E-state index contributed by atoms with van der Waals surface area (Å²) in [6.07, 6.45) is 4.59. The zero-order valence-electron chi connectivity index (χ0n) is 10.8. The lowest BCUT2D eigenvalue weighted by molar-refractivity contribution is -0.120. The monoisotopic (exact) mass is 264 g/mol. The van der Waals surface area contributed by atoms with Crippen LogP contribution in [0.25, 0.3) is 0 Å². The van der Waals surface area contributed by atoms with E-state index in [1.54, 1.807) is 0 Å². The number of allylic oxidation sites excluding steroid dienone is 1. The lowest BCUT2D eigenvalue weighted by atomic mass is 10.2. The van der Waals surface area contributed by atoms with Gasteiger partial charge in [-0.3, -0.25) is 9.59 Å². The van der Waals surface area contributed by atoms with Crippen molar-refractivity contribution in [2.45, 2.75) is 13.3 Å². The van der Waals surface area contributed by atoms with E-state index in [0.29, 0.717) is 6.54 Å². The zero-order valence-corrected chi connectivity index (χ0v) is 10.8. The summed E-state index contributed by atoms with van der Waals surface area (Å²) in [5.74, 6) is -1.22. The van der Waals surface area contributed by atoms with Crippen LogP contribution in [0.5, 0.6) is 0 Å². The summed E-state index contributed by atoms with van der Waals surface area (Å²) in [6.45, 7) is 2.31. The van der Waals surface area contributed by atoms with Gasteiger partial charge in [0.2, 0.25) is 5.91 Å². The Kier molecular flexibility index (Phi) is 6.29. The molecular weight excluding hydrogens is 247 g/mol. The minimum atomic E-state index is -0.483. The number of hydrogen-bond donors (Lipinski definition) is 2. The third-order valence-corrected chi connectivity index (χ3v) is 2.37. The first-order valence-corrected chi connectivity index (χ1v) is 6.05. The molecule has 0 heterocycles. The molecule has 1 aromatic carbocycles. The maximum atomic E-state index is 12.9. The van der Waals surface area contributed by atoms with Crippen molar-refractivity contribution in [3.05, 3.63) is 47.8 Å². The van der Waals surface area contributed by atoms with Gasteiger partial charge >= 0.3 is 0 Å². The minimum absolute atomic E-state index is 0.120. The highest BCUT2D eigenvalue weighted by atomic mass is 19.1. The van der Waals surface area contributed by atoms with Crippen LogP contribution in [-0.4, -0.2) is 24.9 Å². The summed E-state index contributed by atoms with van der Waals surface area (Å²) in [6, 6.07) is 5.31. The van der Waals surface area contributed by atoms with Crippen LogP contribution in [0.4, 0.5) is 4.39 Å². The summed E-state index contributed by atoms with van der Waals surface area (Å²) >= 11 is 0. The Morgan fingerprint density at radius 1 is 1.32 bits per heavy atom. The van der Waals surface area contributed by atoms with E-state index >= 15 is 0 Å². The Hall–Kier alpha value is -2.17. The second kappa shape index (κ2) is 8.02. The van der Waals surface area contributed by atoms with E-state index in [1.807, 2.05) is 19.1 Å². The van der Waals surface area contributed by atoms with E-state index < -0.39 is 11.7 Å². The van der Waals surface area contributed by atoms with Crippen LogP contribution >= 0.6 is 0 Å². The molecule has 0 aromatic heterocycles. The predicted molar refractivity (Wildman–Crippen MR) is 71.2 cm³/mol. The molecule has 1 aromatic rings. The molecule has 0 saturated carbocycles. The van der Waals surface area contributed by atoms with Gasteiger partial charge in [-0.1, -0.05) is 18.2 Å². The van der Waals surface area contributed by atoms with E-state index in [0.717, 1.165) is 12.5 Å². The number of hydrogen-bond acceptors (Lipinski definition) is 2. The van der Waals surface area contributed by atoms with Crippen LogP contribution in [0.3, 0.4) is 0 Å². The molecule has 0 aliphatic carbocycles. The van der Waals surface area contributed by atoms with Gasteiger partial charge < -0.3 is 10.6 Å². The first-order chi connectivity index (χ1) is 9.13. The number of carbonyl (C=O) groups excluding carboxylic acids is 2. The highest BCUT2D eigenvalue weighted by molar-refractivity contribution is 5.96. The molecule has 0 fully saturated rings. The van der Waals surface area contributed by atoms with Crippen molar-refractivity contribution in [1.82, 2.24) is 10.6 Å². The minimum Gasteiger partial charge on any atom is -0.354 e. The van der Waals surface area contributed by atoms with Crippen molar-refractivity contribution in [3.63, 3.8) is 0 Å². The van der Waals surface area contributed by atoms with Crippen molar-refractivity contribution in [2.75, 3.05) is 13.1 Å². The molecule has 4 nitrogen and oxygen atoms in total. The summed E-state index contributed by atoms with van der Waals surface area (Å²) in [4.78, 5) is 23.0. The molecular formula is C14H17FN2O2. The van der Waals surface area contributed by atoms with Gasteiger partial charge in [-0.2, -0.15) is 0 Å². The van der Waals surface area contributed by atoms with Gasteiger partial charge in [-0.25, -0.2) is 4.39 Å². The second-order valence-electron chi connectivity index (χ2n) is 3.90. The van der Waals surface area contributed by atoms with Crippen molar-refractivity contribution >= 4 is 11.8 Å². The van der Waals surface area contributed by atoms with Crippen LogP contribution in [0.1, 0.15) is 23.7 Å². The molecule has 2 N–H and O–H groups in total. The normalized spacial score (nSPS) is 10.4. The average molecular weight is 264 g/mol. The molecule has 0 unspecified atom stereocenters. The number of amides is 2. The van der Waals surface area contributed by atoms with Gasteiger partial charge in [0.1, 0.15) is 5.82 Å². The van der Waals surface area contributed by atoms with Crippen molar-refractivity contribution in [1.29, 1.82) is 0 Å². The Morgan fingerprint density at radius 2 is 2.11 bits per heavy atom. The number of carbonyl (C=O) groups is 2. The average Bonchev–Trinajstić information content (AvgIpc) is 2.41. The van der Waals surface area contributed by atoms with Gasteiger partial charge in [0, 0.05) is 12.1 Å². The fourth-order valence-electron chi connectivity index (χ4n) is 1.42. The first-order valence-electron chi connectivity index (χ1n) is 6.05. The molecule has 5 heteroatoms. The van der Waals surface area contributed by atoms with Crippen molar-refractivity contribution in [3.8, 4) is 0 Å². The Balaban J connectivity index is 2.32. The van der Waals surface area contributed by atoms with Gasteiger partial charge in [0.25, 0.3) is 5.91 Å². The quantitative estimate of drug-likeness (QED) is 0.606. The predicted octanol–water partition coefficient (Wildman–Crippen LogP) is 1.64. The fourth-order valence-corrected chi connectivity index (χ4v) is 1.42. The Bertz CT molecular complexity index is 472. The molecule has 102 valence electrons. The summed E-state index contributed by atoms with van der Waals surface area (Å²) < 4.78 is 12.9. The molecule has 0 aliphatic heterocycles. The molecule has 19 heavy (non-hydrogen) atoms. The van der Waals surface area contributed by atoms with E-state index in [-0.39, 0.29) is 18.0 Å². The van der Waals surface area contributed by atoms with Crippen molar-refractivity contribution < 1.29 is 14.0 Å². The SMILES string of the molecule is C/C=C/CCNC(=O)CNC(=O)c1cccc(F)c1. The molecule has 0 saturated heterocycles. The van der Waals surface area contributed by atoms with Crippen LogP contribution in [-0.2, 0) is 4.79 Å². The number of nitrogens with one attached hydrogen (secondary N) is 2. The van der Waals surface area contributed by atoms with Gasteiger partial charge in [0.05, 0.1) is 6.54 Å². The molecule has 0 spiro atoms. The van der Waals surface area contributed by atoms with Crippen LogP contribution in [0, 0.1) is 5.82 Å². The largest absolute Gasteiger partial charge is 0.354 e. The van der Waals surface area contributed by atoms with Crippen LogP contribution in [0.2, 0.25) is 0 Å². The third-order valence-electron chi connectivity index (χ3n) is 2.37. The first kappa shape index (κ1) is 14.9. The third kappa shape index (κ3) is 5.81. The van der Waals surface area contributed by atoms with E-state index in [2.05, 4.69) is 10.6 Å². The van der Waals surface area contributed by atoms with Crippen molar-refractivity contribution in [2.24, 2.45) is 0 Å². The maximum absolute atomic E-state index is 12.9. The highest BCUT2D eigenvalue weighted by Crippen LogP contribution is 2.02. The number of halogens is 1. The molecule has 1 rings (SSSR count). The van der Waals surface area contributed by atoms with Crippen LogP contribution in [0.15, 0.2) is 36.4 Å². The van der Waals surface area contributed by atoms with E-state index in [4.69, 9.17) is 0 Å². The lowest BCUT2D eigenvalue weighted by Gasteiger charge is -2.06. The molecule has 0 bridgehead atoms. The smallest absolute Gasteiger partial charge is 0.251 e. The zero-order chi connectivity index (χ0) is 14.1. The molecule has 0 atom stereocenters. The number of benzene rings is 1. The summed E-state index contributed by atoms with van der Waals surface area (Å²) in [7, 11) is 0. The molecule has 0 aliphatic rings. The van der Waals surface area contributed by atoms with Gasteiger partial charge in [0.15, 0.2) is 0 Å². The number of rotatable bonds is 6. The van der Waals surface area contributed by atoms with Gasteiger partial charge in [-0.05, 0) is 31.5 Å². The Labute approximate surface area is 111 Å². The lowest BCUT2D eigenvalue weighted by Crippen LogP contribution is -2.37. The molecule has 2 amide bonds. The summed E-state index contributed by atoms with van der Waals surface area (Å²) in [5.41, 5.74) is 0.196. The Morgan fingerprint density at radius 3 is 2.79 bits per heavy atom. The fraction of sp³-hybridized carbons (Fsp3) is 0.286. The molecule has 0 radical (unpaired) electrons. The van der Waals surface area contributed by atoms with Gasteiger partial charge in [-0.15, -0.1) is 0 Å². The van der Waals surface area contributed by atoms with E-state index in [9.17, 15) is 14.0 Å². The second-order valence-corrected chi connectivity index (χ2v) is 3.90. The topological polar surface area (TPSA) is 58.2 Å². The standard InChI is InChI=1S/C14H17FN2O2/c1-2-3-4-8-16-13(18)10-17-14(19)11-6-5-7-12(15)9-11/h2-3,5-7,9H,4,8,10H2,1H3,(H,16,18)(H,17,19)/b3-2+.